The quantitative estimate of drug-likeness (QED) is 0.827. The minimum absolute atomic E-state index is 0.126. The zero-order valence-corrected chi connectivity index (χ0v) is 14.6. The van der Waals surface area contributed by atoms with Crippen molar-refractivity contribution >= 4 is 23.3 Å². The van der Waals surface area contributed by atoms with Gasteiger partial charge in [-0.1, -0.05) is 6.07 Å². The number of carbonyl (C=O) groups is 3. The van der Waals surface area contributed by atoms with Gasteiger partial charge in [0, 0.05) is 24.5 Å². The van der Waals surface area contributed by atoms with Crippen molar-refractivity contribution in [2.45, 2.75) is 26.4 Å². The molecule has 3 rings (SSSR count). The van der Waals surface area contributed by atoms with Gasteiger partial charge in [0.2, 0.25) is 5.91 Å². The second kappa shape index (κ2) is 7.35. The Balaban J connectivity index is 1.81. The molecule has 0 saturated carbocycles. The molecule has 1 aromatic carbocycles. The number of Topliss-reactive ketones (excluding diaryl/α,β-unsaturated/α-hetero) is 1. The van der Waals surface area contributed by atoms with Crippen molar-refractivity contribution in [3.05, 3.63) is 53.9 Å². The summed E-state index contributed by atoms with van der Waals surface area (Å²) in [5.74, 6) is -0.286. The lowest BCUT2D eigenvalue weighted by molar-refractivity contribution is -0.127. The number of pyridine rings is 1. The predicted molar refractivity (Wildman–Crippen MR) is 95.0 cm³/mol. The first kappa shape index (κ1) is 17.6. The van der Waals surface area contributed by atoms with Gasteiger partial charge in [0.1, 0.15) is 11.8 Å². The number of benzene rings is 1. The van der Waals surface area contributed by atoms with E-state index in [0.29, 0.717) is 23.5 Å². The molecule has 1 unspecified atom stereocenters. The van der Waals surface area contributed by atoms with Gasteiger partial charge in [-0.15, -0.1) is 0 Å². The first-order valence-corrected chi connectivity index (χ1v) is 8.24. The number of aromatic nitrogens is 1. The summed E-state index contributed by atoms with van der Waals surface area (Å²) in [6.07, 6.45) is 3.32. The summed E-state index contributed by atoms with van der Waals surface area (Å²) in [7, 11) is 0. The number of amides is 2. The molecule has 0 aliphatic carbocycles. The summed E-state index contributed by atoms with van der Waals surface area (Å²) < 4.78 is 5.42. The lowest BCUT2D eigenvalue weighted by atomic mass is 10.1. The number of fused-ring (bicyclic) bond motifs is 1. The van der Waals surface area contributed by atoms with Crippen LogP contribution >= 0.6 is 0 Å². The Hall–Kier alpha value is -3.22. The molecule has 7 nitrogen and oxygen atoms in total. The topological polar surface area (TPSA) is 88.6 Å². The van der Waals surface area contributed by atoms with E-state index in [0.717, 1.165) is 5.56 Å². The minimum Gasteiger partial charge on any atom is -0.482 e. The third kappa shape index (κ3) is 3.56. The molecule has 0 radical (unpaired) electrons. The highest BCUT2D eigenvalue weighted by Gasteiger charge is 2.33. The number of rotatable bonds is 5. The summed E-state index contributed by atoms with van der Waals surface area (Å²) in [6, 6.07) is 7.76. The van der Waals surface area contributed by atoms with Gasteiger partial charge in [-0.05, 0) is 43.7 Å². The fourth-order valence-corrected chi connectivity index (χ4v) is 2.77. The largest absolute Gasteiger partial charge is 0.482 e. The van der Waals surface area contributed by atoms with Crippen molar-refractivity contribution < 1.29 is 19.1 Å². The lowest BCUT2D eigenvalue weighted by Crippen LogP contribution is -2.51. The van der Waals surface area contributed by atoms with Gasteiger partial charge in [-0.25, -0.2) is 0 Å². The third-order valence-corrected chi connectivity index (χ3v) is 4.20. The van der Waals surface area contributed by atoms with Crippen LogP contribution in [0.4, 0.5) is 5.69 Å². The smallest absolute Gasteiger partial charge is 0.265 e. The van der Waals surface area contributed by atoms with E-state index in [1.54, 1.807) is 43.6 Å². The van der Waals surface area contributed by atoms with E-state index in [2.05, 4.69) is 10.3 Å². The average Bonchev–Trinajstić information content (AvgIpc) is 2.65. The number of carbonyl (C=O) groups excluding carboxylic acids is 3. The van der Waals surface area contributed by atoms with Crippen molar-refractivity contribution in [2.24, 2.45) is 0 Å². The molecule has 0 spiro atoms. The van der Waals surface area contributed by atoms with Gasteiger partial charge < -0.3 is 10.1 Å². The lowest BCUT2D eigenvalue weighted by Gasteiger charge is -2.33. The molecule has 1 aromatic heterocycles. The molecular formula is C19H19N3O4. The maximum Gasteiger partial charge on any atom is 0.265 e. The van der Waals surface area contributed by atoms with Crippen LogP contribution in [-0.4, -0.2) is 35.2 Å². The molecule has 2 heterocycles. The van der Waals surface area contributed by atoms with E-state index in [-0.39, 0.29) is 24.2 Å². The fraction of sp³-hybridized carbons (Fsp3) is 0.263. The Morgan fingerprint density at radius 3 is 2.85 bits per heavy atom. The van der Waals surface area contributed by atoms with Gasteiger partial charge >= 0.3 is 0 Å². The highest BCUT2D eigenvalue weighted by Crippen LogP contribution is 2.34. The maximum atomic E-state index is 12.6. The van der Waals surface area contributed by atoms with E-state index >= 15 is 0 Å². The number of anilines is 1. The van der Waals surface area contributed by atoms with Gasteiger partial charge in [-0.2, -0.15) is 0 Å². The minimum atomic E-state index is -0.746. The van der Waals surface area contributed by atoms with E-state index in [1.807, 2.05) is 6.07 Å². The van der Waals surface area contributed by atoms with Gasteiger partial charge in [0.25, 0.3) is 5.91 Å². The molecule has 7 heteroatoms. The van der Waals surface area contributed by atoms with Crippen LogP contribution in [0.1, 0.15) is 29.8 Å². The van der Waals surface area contributed by atoms with Gasteiger partial charge in [0.05, 0.1) is 5.69 Å². The molecule has 1 aliphatic heterocycles. The SMILES string of the molecule is CC(=O)c1ccc2c(c1)N(C(C)C(=O)NCc1cccnc1)C(=O)CO2. The summed E-state index contributed by atoms with van der Waals surface area (Å²) in [4.78, 5) is 42.0. The molecule has 134 valence electrons. The Morgan fingerprint density at radius 2 is 2.15 bits per heavy atom. The second-order valence-electron chi connectivity index (χ2n) is 6.05. The molecule has 26 heavy (non-hydrogen) atoms. The highest BCUT2D eigenvalue weighted by atomic mass is 16.5. The Kier molecular flexibility index (Phi) is 4.97. The zero-order valence-electron chi connectivity index (χ0n) is 14.6. The van der Waals surface area contributed by atoms with E-state index in [9.17, 15) is 14.4 Å². The van der Waals surface area contributed by atoms with Crippen LogP contribution in [0.25, 0.3) is 0 Å². The van der Waals surface area contributed by atoms with E-state index < -0.39 is 6.04 Å². The predicted octanol–water partition coefficient (Wildman–Crippen LogP) is 1.71. The Morgan fingerprint density at radius 1 is 1.35 bits per heavy atom. The fourth-order valence-electron chi connectivity index (χ4n) is 2.77. The highest BCUT2D eigenvalue weighted by molar-refractivity contribution is 6.05. The van der Waals surface area contributed by atoms with Crippen LogP contribution < -0.4 is 15.0 Å². The second-order valence-corrected chi connectivity index (χ2v) is 6.05. The van der Waals surface area contributed by atoms with E-state index in [1.165, 1.54) is 11.8 Å². The van der Waals surface area contributed by atoms with Crippen molar-refractivity contribution in [3.63, 3.8) is 0 Å². The molecule has 1 N–H and O–H groups in total. The maximum absolute atomic E-state index is 12.6. The van der Waals surface area contributed by atoms with Crippen molar-refractivity contribution in [3.8, 4) is 5.75 Å². The molecule has 2 amide bonds. The third-order valence-electron chi connectivity index (χ3n) is 4.20. The zero-order chi connectivity index (χ0) is 18.7. The number of nitrogens with one attached hydrogen (secondary N) is 1. The summed E-state index contributed by atoms with van der Waals surface area (Å²) >= 11 is 0. The molecule has 0 fully saturated rings. The van der Waals surface area contributed by atoms with Crippen LogP contribution in [0.2, 0.25) is 0 Å². The number of hydrogen-bond acceptors (Lipinski definition) is 5. The van der Waals surface area contributed by atoms with Gasteiger partial charge in [0.15, 0.2) is 12.4 Å². The first-order chi connectivity index (χ1) is 12.5. The molecule has 1 atom stereocenters. The number of ketones is 1. The Labute approximate surface area is 151 Å². The molecule has 1 aliphatic rings. The Bertz CT molecular complexity index is 851. The molecule has 0 bridgehead atoms. The van der Waals surface area contributed by atoms with Crippen molar-refractivity contribution in [2.75, 3.05) is 11.5 Å². The van der Waals surface area contributed by atoms with Crippen LogP contribution in [0.3, 0.4) is 0 Å². The first-order valence-electron chi connectivity index (χ1n) is 8.24. The molecule has 2 aromatic rings. The molecule has 0 saturated heterocycles. The summed E-state index contributed by atoms with van der Waals surface area (Å²) in [5.41, 5.74) is 1.74. The normalized spacial score (nSPS) is 14.2. The van der Waals surface area contributed by atoms with Crippen molar-refractivity contribution in [1.29, 1.82) is 0 Å². The monoisotopic (exact) mass is 353 g/mol. The standard InChI is InChI=1S/C19H19N3O4/c1-12(19(25)21-10-14-4-3-7-20-9-14)22-16-8-15(13(2)23)5-6-17(16)26-11-18(22)24/h3-9,12H,10-11H2,1-2H3,(H,21,25). The average molecular weight is 353 g/mol. The summed E-state index contributed by atoms with van der Waals surface area (Å²) in [6.45, 7) is 3.26. The number of nitrogens with zero attached hydrogens (tertiary/aromatic N) is 2. The van der Waals surface area contributed by atoms with Crippen LogP contribution in [0.15, 0.2) is 42.7 Å². The van der Waals surface area contributed by atoms with E-state index in [4.69, 9.17) is 4.74 Å². The van der Waals surface area contributed by atoms with Crippen molar-refractivity contribution in [1.82, 2.24) is 10.3 Å². The number of ether oxygens (including phenoxy) is 1. The molecular weight excluding hydrogens is 334 g/mol. The number of hydrogen-bond donors (Lipinski definition) is 1. The van der Waals surface area contributed by atoms with Crippen LogP contribution in [0, 0.1) is 0 Å². The summed E-state index contributed by atoms with van der Waals surface area (Å²) in [5, 5.41) is 2.80. The van der Waals surface area contributed by atoms with Crippen LogP contribution in [-0.2, 0) is 16.1 Å². The van der Waals surface area contributed by atoms with Crippen LogP contribution in [0.5, 0.6) is 5.75 Å². The van der Waals surface area contributed by atoms with Gasteiger partial charge in [-0.3, -0.25) is 24.3 Å².